The molecule has 0 radical (unpaired) electrons. The molecule has 2 aromatic rings. The second-order valence-corrected chi connectivity index (χ2v) is 4.49. The minimum Gasteiger partial charge on any atom is -0.316 e. The largest absolute Gasteiger partial charge is 0.332 e. The smallest absolute Gasteiger partial charge is 0.316 e. The Morgan fingerprint density at radius 3 is 2.41 bits per heavy atom. The van der Waals surface area contributed by atoms with Crippen LogP contribution in [0.3, 0.4) is 0 Å². The van der Waals surface area contributed by atoms with Crippen LogP contribution in [0.1, 0.15) is 6.92 Å². The highest BCUT2D eigenvalue weighted by molar-refractivity contribution is 7.98. The first kappa shape index (κ1) is 12.0. The van der Waals surface area contributed by atoms with Crippen molar-refractivity contribution in [3.8, 4) is 0 Å². The Balaban J connectivity index is 3.10. The Hall–Kier alpha value is -1.50. The first-order valence-corrected chi connectivity index (χ1v) is 6.45. The summed E-state index contributed by atoms with van der Waals surface area (Å²) in [6, 6.07) is 0. The predicted octanol–water partition coefficient (Wildman–Crippen LogP) is 0.175. The summed E-state index contributed by atoms with van der Waals surface area (Å²) in [6.07, 6.45) is 1.89. The van der Waals surface area contributed by atoms with Crippen molar-refractivity contribution in [1.82, 2.24) is 18.7 Å². The van der Waals surface area contributed by atoms with E-state index in [2.05, 4.69) is 4.98 Å². The van der Waals surface area contributed by atoms with Crippen molar-refractivity contribution in [3.63, 3.8) is 0 Å². The van der Waals surface area contributed by atoms with Gasteiger partial charge in [-0.3, -0.25) is 13.9 Å². The third-order valence-corrected chi connectivity index (χ3v) is 3.55. The molecule has 2 aromatic heterocycles. The lowest BCUT2D eigenvalue weighted by Crippen LogP contribution is -2.38. The van der Waals surface area contributed by atoms with Crippen molar-refractivity contribution >= 4 is 22.9 Å². The third-order valence-electron chi connectivity index (χ3n) is 2.82. The molecule has 0 aliphatic heterocycles. The van der Waals surface area contributed by atoms with Gasteiger partial charge in [0, 0.05) is 20.6 Å². The number of thioether (sulfide) groups is 1. The fourth-order valence-electron chi connectivity index (χ4n) is 1.88. The van der Waals surface area contributed by atoms with Crippen LogP contribution < -0.4 is 11.2 Å². The number of nitrogens with zero attached hydrogens (tertiary/aromatic N) is 4. The van der Waals surface area contributed by atoms with Crippen molar-refractivity contribution in [1.29, 1.82) is 0 Å². The number of aryl methyl sites for hydroxylation is 2. The second kappa shape index (κ2) is 4.06. The van der Waals surface area contributed by atoms with Gasteiger partial charge in [0.05, 0.1) is 0 Å². The van der Waals surface area contributed by atoms with Gasteiger partial charge in [-0.1, -0.05) is 11.8 Å². The predicted molar refractivity (Wildman–Crippen MR) is 67.7 cm³/mol. The maximum absolute atomic E-state index is 12.0. The van der Waals surface area contributed by atoms with E-state index in [9.17, 15) is 9.59 Å². The molecule has 0 aliphatic rings. The van der Waals surface area contributed by atoms with Crippen molar-refractivity contribution in [3.05, 3.63) is 20.8 Å². The summed E-state index contributed by atoms with van der Waals surface area (Å²) in [5.74, 6) is 0. The summed E-state index contributed by atoms with van der Waals surface area (Å²) < 4.78 is 4.36. The summed E-state index contributed by atoms with van der Waals surface area (Å²) >= 11 is 1.45. The van der Waals surface area contributed by atoms with E-state index < -0.39 is 0 Å². The van der Waals surface area contributed by atoms with E-state index in [1.807, 2.05) is 13.2 Å². The van der Waals surface area contributed by atoms with E-state index in [1.54, 1.807) is 11.6 Å². The number of rotatable bonds is 2. The van der Waals surface area contributed by atoms with Gasteiger partial charge >= 0.3 is 5.69 Å². The van der Waals surface area contributed by atoms with Gasteiger partial charge < -0.3 is 4.57 Å². The normalized spacial score (nSPS) is 11.3. The number of fused-ring (bicyclic) bond motifs is 1. The van der Waals surface area contributed by atoms with Crippen molar-refractivity contribution in [2.75, 3.05) is 6.26 Å². The third kappa shape index (κ3) is 1.53. The average molecular weight is 254 g/mol. The van der Waals surface area contributed by atoms with Crippen LogP contribution in [0.4, 0.5) is 0 Å². The molecule has 7 heteroatoms. The fraction of sp³-hybridized carbons (Fsp3) is 0.500. The number of imidazole rings is 1. The lowest BCUT2D eigenvalue weighted by Gasteiger charge is -2.05. The van der Waals surface area contributed by atoms with Crippen LogP contribution in [0.25, 0.3) is 11.2 Å². The molecule has 0 bridgehead atoms. The molecule has 0 atom stereocenters. The zero-order chi connectivity index (χ0) is 12.7. The van der Waals surface area contributed by atoms with E-state index in [0.29, 0.717) is 17.7 Å². The number of hydrogen-bond acceptors (Lipinski definition) is 4. The van der Waals surface area contributed by atoms with Gasteiger partial charge in [-0.2, -0.15) is 0 Å². The Morgan fingerprint density at radius 1 is 1.24 bits per heavy atom. The zero-order valence-electron chi connectivity index (χ0n) is 10.2. The van der Waals surface area contributed by atoms with Crippen LogP contribution >= 0.6 is 11.8 Å². The Kier molecular flexibility index (Phi) is 2.86. The summed E-state index contributed by atoms with van der Waals surface area (Å²) in [4.78, 5) is 28.3. The first-order chi connectivity index (χ1) is 8.02. The maximum Gasteiger partial charge on any atom is 0.332 e. The average Bonchev–Trinajstić information content (AvgIpc) is 2.64. The first-order valence-electron chi connectivity index (χ1n) is 5.23. The van der Waals surface area contributed by atoms with E-state index in [-0.39, 0.29) is 11.2 Å². The second-order valence-electron chi connectivity index (χ2n) is 3.72. The molecule has 2 heterocycles. The molecule has 2 rings (SSSR count). The van der Waals surface area contributed by atoms with Crippen molar-refractivity contribution in [2.24, 2.45) is 14.1 Å². The van der Waals surface area contributed by atoms with E-state index in [4.69, 9.17) is 0 Å². The zero-order valence-corrected chi connectivity index (χ0v) is 11.0. The van der Waals surface area contributed by atoms with Crippen LogP contribution in [-0.2, 0) is 20.6 Å². The van der Waals surface area contributed by atoms with Crippen LogP contribution in [-0.4, -0.2) is 24.9 Å². The summed E-state index contributed by atoms with van der Waals surface area (Å²) in [6.45, 7) is 2.35. The molecular weight excluding hydrogens is 240 g/mol. The van der Waals surface area contributed by atoms with E-state index in [0.717, 1.165) is 9.72 Å². The molecule has 0 aromatic carbocycles. The van der Waals surface area contributed by atoms with E-state index in [1.165, 1.54) is 23.4 Å². The van der Waals surface area contributed by atoms with Gasteiger partial charge in [-0.05, 0) is 13.2 Å². The molecule has 0 N–H and O–H groups in total. The van der Waals surface area contributed by atoms with Gasteiger partial charge in [0.25, 0.3) is 5.56 Å². The summed E-state index contributed by atoms with van der Waals surface area (Å²) in [7, 11) is 3.27. The highest BCUT2D eigenvalue weighted by Crippen LogP contribution is 2.17. The Morgan fingerprint density at radius 2 is 1.88 bits per heavy atom. The molecule has 6 nitrogen and oxygen atoms in total. The molecule has 0 saturated carbocycles. The minimum atomic E-state index is -0.323. The van der Waals surface area contributed by atoms with Crippen LogP contribution in [0.15, 0.2) is 14.7 Å². The highest BCUT2D eigenvalue weighted by Gasteiger charge is 2.17. The molecular formula is C10H14N4O2S. The molecule has 92 valence electrons. The summed E-state index contributed by atoms with van der Waals surface area (Å²) in [5.41, 5.74) is 0.312. The van der Waals surface area contributed by atoms with Gasteiger partial charge in [-0.15, -0.1) is 0 Å². The fourth-order valence-corrected chi connectivity index (χ4v) is 2.42. The molecule has 0 saturated heterocycles. The standard InChI is InChI=1S/C10H14N4O2S/c1-5-14-7-6(8(15)13(3)10(14)16)12(2)9(11-7)17-4/h5H2,1-4H3. The lowest BCUT2D eigenvalue weighted by molar-refractivity contribution is 0.651. The van der Waals surface area contributed by atoms with Crippen LogP contribution in [0, 0.1) is 0 Å². The molecule has 0 unspecified atom stereocenters. The topological polar surface area (TPSA) is 61.8 Å². The molecule has 0 spiro atoms. The highest BCUT2D eigenvalue weighted by atomic mass is 32.2. The minimum absolute atomic E-state index is 0.301. The van der Waals surface area contributed by atoms with Crippen molar-refractivity contribution in [2.45, 2.75) is 18.6 Å². The maximum atomic E-state index is 12.0. The summed E-state index contributed by atoms with van der Waals surface area (Å²) in [5, 5.41) is 0.727. The molecule has 0 fully saturated rings. The van der Waals surface area contributed by atoms with Gasteiger partial charge in [0.15, 0.2) is 16.3 Å². The molecule has 0 amide bonds. The SMILES string of the molecule is CCn1c(=O)n(C)c(=O)c2c1nc(SC)n2C. The number of hydrogen-bond donors (Lipinski definition) is 0. The Labute approximate surface area is 102 Å². The van der Waals surface area contributed by atoms with E-state index >= 15 is 0 Å². The van der Waals surface area contributed by atoms with Gasteiger partial charge in [0.2, 0.25) is 0 Å². The van der Waals surface area contributed by atoms with Gasteiger partial charge in [-0.25, -0.2) is 9.78 Å². The van der Waals surface area contributed by atoms with Crippen molar-refractivity contribution < 1.29 is 0 Å². The van der Waals surface area contributed by atoms with Gasteiger partial charge in [0.1, 0.15) is 0 Å². The molecule has 0 aliphatic carbocycles. The van der Waals surface area contributed by atoms with Crippen LogP contribution in [0.5, 0.6) is 0 Å². The monoisotopic (exact) mass is 254 g/mol. The van der Waals surface area contributed by atoms with Crippen LogP contribution in [0.2, 0.25) is 0 Å². The number of aromatic nitrogens is 4. The molecule has 17 heavy (non-hydrogen) atoms. The Bertz CT molecular complexity index is 695. The quantitative estimate of drug-likeness (QED) is 0.717. The lowest BCUT2D eigenvalue weighted by atomic mass is 10.5.